The Morgan fingerprint density at radius 3 is 2.36 bits per heavy atom. The number of nitrogens with zero attached hydrogens (tertiary/aromatic N) is 4. The number of hydrogen-bond donors (Lipinski definition) is 1. The molecule has 0 bridgehead atoms. The van der Waals surface area contributed by atoms with Crippen LogP contribution in [-0.2, 0) is 4.79 Å². The third-order valence-corrected chi connectivity index (χ3v) is 4.51. The van der Waals surface area contributed by atoms with Gasteiger partial charge in [0.1, 0.15) is 17.2 Å². The topological polar surface area (TPSA) is 111 Å². The molecule has 0 saturated heterocycles. The molecular formula is C22H18F2N5NaO3. The molecule has 0 radical (unpaired) electrons. The molecule has 1 heterocycles. The first-order chi connectivity index (χ1) is 15.4. The molecule has 2 aromatic carbocycles. The molecule has 3 rings (SSSR count). The van der Waals surface area contributed by atoms with Gasteiger partial charge in [-0.1, -0.05) is 30.4 Å². The number of rotatable bonds is 8. The number of benzene rings is 2. The number of aromatic nitrogens is 3. The van der Waals surface area contributed by atoms with Crippen LogP contribution in [0.25, 0.3) is 6.08 Å². The van der Waals surface area contributed by atoms with Gasteiger partial charge in [0.2, 0.25) is 5.95 Å². The number of aliphatic carboxylic acids is 1. The molecular weight excluding hydrogens is 443 g/mol. The molecule has 1 unspecified atom stereocenters. The normalized spacial score (nSPS) is 11.5. The zero-order valence-corrected chi connectivity index (χ0v) is 19.9. The number of amides is 1. The fourth-order valence-corrected chi connectivity index (χ4v) is 2.82. The molecule has 33 heavy (non-hydrogen) atoms. The Kier molecular flexibility index (Phi) is 9.58. The minimum Gasteiger partial charge on any atom is -0.548 e. The zero-order chi connectivity index (χ0) is 23.1. The molecule has 1 N–H and O–H groups in total. The van der Waals surface area contributed by atoms with Crippen LogP contribution < -0.4 is 44.9 Å². The minimum absolute atomic E-state index is 0. The monoisotopic (exact) mass is 461 g/mol. The summed E-state index contributed by atoms with van der Waals surface area (Å²) in [5.41, 5.74) is 0.722. The number of carboxylic acid groups (broad SMARTS) is 1. The van der Waals surface area contributed by atoms with Crippen molar-refractivity contribution >= 4 is 29.6 Å². The molecule has 0 spiro atoms. The fourth-order valence-electron chi connectivity index (χ4n) is 2.82. The number of carbonyl (C=O) groups is 2. The molecule has 0 aliphatic carbocycles. The molecule has 0 aliphatic rings. The summed E-state index contributed by atoms with van der Waals surface area (Å²) in [5.74, 6) is -4.50. The van der Waals surface area contributed by atoms with E-state index in [1.165, 1.54) is 18.5 Å². The SMILES string of the molecule is CN(c1ccc(/C=C/CC(NC(=O)c2c(F)cccc2F)C(=O)[O-])cc1)c1nccnn1.[Na+]. The van der Waals surface area contributed by atoms with E-state index < -0.39 is 35.1 Å². The maximum atomic E-state index is 13.7. The van der Waals surface area contributed by atoms with Crippen LogP contribution in [0.1, 0.15) is 22.3 Å². The van der Waals surface area contributed by atoms with Crippen molar-refractivity contribution in [2.24, 2.45) is 0 Å². The van der Waals surface area contributed by atoms with Crippen molar-refractivity contribution in [3.63, 3.8) is 0 Å². The van der Waals surface area contributed by atoms with Crippen molar-refractivity contribution in [3.8, 4) is 0 Å². The Labute approximate surface area is 210 Å². The number of carbonyl (C=O) groups excluding carboxylic acids is 2. The van der Waals surface area contributed by atoms with Gasteiger partial charge in [0, 0.05) is 12.7 Å². The van der Waals surface area contributed by atoms with Gasteiger partial charge < -0.3 is 20.1 Å². The van der Waals surface area contributed by atoms with Gasteiger partial charge >= 0.3 is 29.6 Å². The van der Waals surface area contributed by atoms with Gasteiger partial charge in [-0.15, -0.1) is 5.10 Å². The van der Waals surface area contributed by atoms with Crippen LogP contribution in [0, 0.1) is 11.6 Å². The van der Waals surface area contributed by atoms with Crippen LogP contribution in [0.5, 0.6) is 0 Å². The standard InChI is InChI=1S/C22H19F2N5O3.Na/c1-29(22-25-12-13-26-28-22)15-10-8-14(9-11-15)4-2-7-18(21(31)32)27-20(30)19-16(23)5-3-6-17(19)24;/h2-6,8-13,18H,7H2,1H3,(H,27,30)(H,31,32);/q;+1/p-1/b4-2+;. The predicted molar refractivity (Wildman–Crippen MR) is 111 cm³/mol. The smallest absolute Gasteiger partial charge is 0.548 e. The van der Waals surface area contributed by atoms with Crippen LogP contribution in [0.15, 0.2) is 60.9 Å². The van der Waals surface area contributed by atoms with Crippen LogP contribution in [-0.4, -0.2) is 40.1 Å². The molecule has 164 valence electrons. The van der Waals surface area contributed by atoms with Gasteiger partial charge in [0.05, 0.1) is 24.4 Å². The molecule has 3 aromatic rings. The van der Waals surface area contributed by atoms with E-state index in [9.17, 15) is 23.5 Å². The largest absolute Gasteiger partial charge is 1.00 e. The summed E-state index contributed by atoms with van der Waals surface area (Å²) in [6.45, 7) is 0. The minimum atomic E-state index is -1.58. The molecule has 8 nitrogen and oxygen atoms in total. The summed E-state index contributed by atoms with van der Waals surface area (Å²) in [4.78, 5) is 29.3. The predicted octanol–water partition coefficient (Wildman–Crippen LogP) is -1.13. The second-order valence-corrected chi connectivity index (χ2v) is 6.67. The number of halogens is 2. The third-order valence-electron chi connectivity index (χ3n) is 4.51. The Hall–Kier alpha value is -3.21. The summed E-state index contributed by atoms with van der Waals surface area (Å²) < 4.78 is 27.5. The number of nitrogens with one attached hydrogen (secondary N) is 1. The number of carboxylic acids is 1. The van der Waals surface area contributed by atoms with Crippen LogP contribution >= 0.6 is 0 Å². The Balaban J connectivity index is 0.00000385. The van der Waals surface area contributed by atoms with E-state index in [-0.39, 0.29) is 36.0 Å². The first kappa shape index (κ1) is 26.0. The molecule has 0 aliphatic heterocycles. The zero-order valence-electron chi connectivity index (χ0n) is 17.9. The summed E-state index contributed by atoms with van der Waals surface area (Å²) in [6.07, 6.45) is 6.02. The van der Waals surface area contributed by atoms with Gasteiger partial charge in [-0.3, -0.25) is 4.79 Å². The van der Waals surface area contributed by atoms with Gasteiger partial charge in [0.15, 0.2) is 0 Å². The Morgan fingerprint density at radius 1 is 1.12 bits per heavy atom. The van der Waals surface area contributed by atoms with Crippen molar-refractivity contribution in [1.29, 1.82) is 0 Å². The van der Waals surface area contributed by atoms with E-state index in [0.717, 1.165) is 29.4 Å². The van der Waals surface area contributed by atoms with Crippen LogP contribution in [0.3, 0.4) is 0 Å². The van der Waals surface area contributed by atoms with Crippen molar-refractivity contribution in [2.45, 2.75) is 12.5 Å². The second-order valence-electron chi connectivity index (χ2n) is 6.67. The number of hydrogen-bond acceptors (Lipinski definition) is 7. The maximum absolute atomic E-state index is 13.7. The first-order valence-electron chi connectivity index (χ1n) is 9.46. The molecule has 0 saturated carbocycles. The molecule has 1 amide bonds. The third kappa shape index (κ3) is 6.88. The summed E-state index contributed by atoms with van der Waals surface area (Å²) in [7, 11) is 1.79. The quantitative estimate of drug-likeness (QED) is 0.423. The fraction of sp³-hybridized carbons (Fsp3) is 0.136. The van der Waals surface area contributed by atoms with E-state index in [1.807, 2.05) is 12.1 Å². The van der Waals surface area contributed by atoms with Crippen molar-refractivity contribution in [3.05, 3.63) is 83.7 Å². The molecule has 1 atom stereocenters. The Bertz CT molecular complexity index is 1110. The molecule has 1 aromatic heterocycles. The second kappa shape index (κ2) is 12.1. The van der Waals surface area contributed by atoms with E-state index >= 15 is 0 Å². The van der Waals surface area contributed by atoms with Crippen LogP contribution in [0.2, 0.25) is 0 Å². The molecule has 11 heteroatoms. The maximum Gasteiger partial charge on any atom is 1.00 e. The molecule has 0 fully saturated rings. The van der Waals surface area contributed by atoms with Gasteiger partial charge in [-0.2, -0.15) is 5.10 Å². The Morgan fingerprint density at radius 2 is 1.79 bits per heavy atom. The summed E-state index contributed by atoms with van der Waals surface area (Å²) in [6, 6.07) is 8.67. The van der Waals surface area contributed by atoms with Crippen molar-refractivity contribution in [2.75, 3.05) is 11.9 Å². The van der Waals surface area contributed by atoms with E-state index in [2.05, 4.69) is 20.5 Å². The van der Waals surface area contributed by atoms with E-state index in [1.54, 1.807) is 30.2 Å². The first-order valence-corrected chi connectivity index (χ1v) is 9.46. The van der Waals surface area contributed by atoms with Crippen molar-refractivity contribution < 1.29 is 53.0 Å². The number of anilines is 2. The van der Waals surface area contributed by atoms with Gasteiger partial charge in [0.25, 0.3) is 5.91 Å². The van der Waals surface area contributed by atoms with E-state index in [4.69, 9.17) is 0 Å². The average molecular weight is 461 g/mol. The average Bonchev–Trinajstić information content (AvgIpc) is 2.78. The van der Waals surface area contributed by atoms with Crippen molar-refractivity contribution in [1.82, 2.24) is 20.5 Å². The van der Waals surface area contributed by atoms with Crippen LogP contribution in [0.4, 0.5) is 20.4 Å². The summed E-state index contributed by atoms with van der Waals surface area (Å²) >= 11 is 0. The van der Waals surface area contributed by atoms with Gasteiger partial charge in [-0.25, -0.2) is 13.8 Å². The van der Waals surface area contributed by atoms with E-state index in [0.29, 0.717) is 5.95 Å². The summed E-state index contributed by atoms with van der Waals surface area (Å²) in [5, 5.41) is 21.2. The van der Waals surface area contributed by atoms with Gasteiger partial charge in [-0.05, 0) is 36.2 Å².